The number of rotatable bonds is 9. The van der Waals surface area contributed by atoms with Crippen LogP contribution in [-0.2, 0) is 0 Å². The van der Waals surface area contributed by atoms with Gasteiger partial charge in [-0.25, -0.2) is 0 Å². The fraction of sp³-hybridized carbons (Fsp3) is 1.00. The SMILES string of the molecule is CC1CCN(CCCCCCCCCS)CC1. The van der Waals surface area contributed by atoms with Crippen LogP contribution in [0.1, 0.15) is 64.7 Å². The molecule has 1 rings (SSSR count). The number of thiol groups is 1. The smallest absolute Gasteiger partial charge is 0.00162 e. The van der Waals surface area contributed by atoms with Crippen LogP contribution in [0.25, 0.3) is 0 Å². The van der Waals surface area contributed by atoms with Crippen molar-refractivity contribution in [3.05, 3.63) is 0 Å². The Kier molecular flexibility index (Phi) is 9.27. The van der Waals surface area contributed by atoms with Gasteiger partial charge in [0.15, 0.2) is 0 Å². The molecule has 0 atom stereocenters. The zero-order valence-electron chi connectivity index (χ0n) is 11.7. The highest BCUT2D eigenvalue weighted by Crippen LogP contribution is 2.16. The molecule has 0 spiro atoms. The number of piperidine rings is 1. The molecular weight excluding hydrogens is 226 g/mol. The average Bonchev–Trinajstić information content (AvgIpc) is 2.35. The molecule has 0 aromatic rings. The Bertz CT molecular complexity index is 164. The normalized spacial score (nSPS) is 18.7. The molecule has 0 amide bonds. The van der Waals surface area contributed by atoms with Crippen molar-refractivity contribution in [2.75, 3.05) is 25.4 Å². The van der Waals surface area contributed by atoms with Crippen LogP contribution >= 0.6 is 12.6 Å². The van der Waals surface area contributed by atoms with Crippen LogP contribution in [0, 0.1) is 5.92 Å². The molecule has 0 aliphatic carbocycles. The first-order valence-electron chi connectivity index (χ1n) is 7.66. The predicted octanol–water partition coefficient (Wildman–Crippen LogP) is 4.38. The Hall–Kier alpha value is 0.310. The largest absolute Gasteiger partial charge is 0.303 e. The van der Waals surface area contributed by atoms with E-state index < -0.39 is 0 Å². The minimum absolute atomic E-state index is 0.970. The summed E-state index contributed by atoms with van der Waals surface area (Å²) in [5.41, 5.74) is 0. The molecule has 1 fully saturated rings. The first-order valence-corrected chi connectivity index (χ1v) is 8.29. The van der Waals surface area contributed by atoms with Gasteiger partial charge in [0.2, 0.25) is 0 Å². The molecule has 2 heteroatoms. The van der Waals surface area contributed by atoms with Gasteiger partial charge >= 0.3 is 0 Å². The summed E-state index contributed by atoms with van der Waals surface area (Å²) < 4.78 is 0. The Morgan fingerprint density at radius 2 is 1.41 bits per heavy atom. The zero-order chi connectivity index (χ0) is 12.3. The van der Waals surface area contributed by atoms with E-state index in [9.17, 15) is 0 Å². The van der Waals surface area contributed by atoms with E-state index >= 15 is 0 Å². The lowest BCUT2D eigenvalue weighted by Crippen LogP contribution is -2.33. The average molecular weight is 257 g/mol. The maximum atomic E-state index is 4.24. The van der Waals surface area contributed by atoms with Crippen molar-refractivity contribution in [2.24, 2.45) is 5.92 Å². The summed E-state index contributed by atoms with van der Waals surface area (Å²) >= 11 is 4.24. The van der Waals surface area contributed by atoms with Crippen molar-refractivity contribution < 1.29 is 0 Å². The van der Waals surface area contributed by atoms with E-state index in [1.54, 1.807) is 0 Å². The second kappa shape index (κ2) is 10.3. The fourth-order valence-electron chi connectivity index (χ4n) is 2.62. The maximum Gasteiger partial charge on any atom is -0.00162 e. The number of hydrogen-bond donors (Lipinski definition) is 1. The molecule has 0 aromatic carbocycles. The molecule has 1 aliphatic rings. The molecular formula is C15H31NS. The third kappa shape index (κ3) is 8.10. The quantitative estimate of drug-likeness (QED) is 0.474. The van der Waals surface area contributed by atoms with Crippen molar-refractivity contribution in [3.8, 4) is 0 Å². The first kappa shape index (κ1) is 15.4. The maximum absolute atomic E-state index is 4.24. The number of hydrogen-bond acceptors (Lipinski definition) is 2. The minimum atomic E-state index is 0.970. The van der Waals surface area contributed by atoms with Crippen molar-refractivity contribution in [1.82, 2.24) is 4.90 Å². The highest BCUT2D eigenvalue weighted by Gasteiger charge is 2.14. The second-order valence-electron chi connectivity index (χ2n) is 5.72. The number of nitrogens with zero attached hydrogens (tertiary/aromatic N) is 1. The highest BCUT2D eigenvalue weighted by atomic mass is 32.1. The van der Waals surface area contributed by atoms with Crippen LogP contribution in [0.3, 0.4) is 0 Å². The van der Waals surface area contributed by atoms with Crippen LogP contribution in [0.15, 0.2) is 0 Å². The van der Waals surface area contributed by atoms with Crippen LogP contribution in [0.4, 0.5) is 0 Å². The molecule has 0 N–H and O–H groups in total. The molecule has 0 unspecified atom stereocenters. The van der Waals surface area contributed by atoms with Gasteiger partial charge in [-0.05, 0) is 57.0 Å². The monoisotopic (exact) mass is 257 g/mol. The van der Waals surface area contributed by atoms with Crippen molar-refractivity contribution in [1.29, 1.82) is 0 Å². The first-order chi connectivity index (χ1) is 8.33. The predicted molar refractivity (Wildman–Crippen MR) is 81.0 cm³/mol. The Morgan fingerprint density at radius 3 is 2.00 bits per heavy atom. The Balaban J connectivity index is 1.81. The Labute approximate surface area is 114 Å². The number of likely N-dealkylation sites (tertiary alicyclic amines) is 1. The van der Waals surface area contributed by atoms with E-state index in [0.29, 0.717) is 0 Å². The van der Waals surface area contributed by atoms with Crippen LogP contribution in [0.5, 0.6) is 0 Å². The molecule has 0 saturated carbocycles. The third-order valence-electron chi connectivity index (χ3n) is 4.01. The second-order valence-corrected chi connectivity index (χ2v) is 6.17. The van der Waals surface area contributed by atoms with Crippen LogP contribution in [0.2, 0.25) is 0 Å². The summed E-state index contributed by atoms with van der Waals surface area (Å²) in [5.74, 6) is 2.03. The minimum Gasteiger partial charge on any atom is -0.303 e. The molecule has 0 radical (unpaired) electrons. The lowest BCUT2D eigenvalue weighted by atomic mass is 9.99. The summed E-state index contributed by atoms with van der Waals surface area (Å²) in [6.07, 6.45) is 12.7. The van der Waals surface area contributed by atoms with Gasteiger partial charge < -0.3 is 4.90 Å². The van der Waals surface area contributed by atoms with Crippen LogP contribution in [-0.4, -0.2) is 30.3 Å². The highest BCUT2D eigenvalue weighted by molar-refractivity contribution is 7.80. The molecule has 1 heterocycles. The Morgan fingerprint density at radius 1 is 0.882 bits per heavy atom. The van der Waals surface area contributed by atoms with Crippen molar-refractivity contribution in [3.63, 3.8) is 0 Å². The summed E-state index contributed by atoms with van der Waals surface area (Å²) in [4.78, 5) is 2.67. The summed E-state index contributed by atoms with van der Waals surface area (Å²) in [6, 6.07) is 0. The lowest BCUT2D eigenvalue weighted by molar-refractivity contribution is 0.189. The van der Waals surface area contributed by atoms with Gasteiger partial charge in [-0.15, -0.1) is 0 Å². The van der Waals surface area contributed by atoms with Crippen LogP contribution < -0.4 is 0 Å². The summed E-state index contributed by atoms with van der Waals surface area (Å²) in [5, 5.41) is 0. The lowest BCUT2D eigenvalue weighted by Gasteiger charge is -2.30. The van der Waals surface area contributed by atoms with Crippen molar-refractivity contribution in [2.45, 2.75) is 64.7 Å². The summed E-state index contributed by atoms with van der Waals surface area (Å²) in [6.45, 7) is 6.44. The molecule has 1 nitrogen and oxygen atoms in total. The molecule has 0 bridgehead atoms. The molecule has 102 valence electrons. The standard InChI is InChI=1S/C15H31NS/c1-15-9-12-16(13-10-15)11-7-5-3-2-4-6-8-14-17/h15,17H,2-14H2,1H3. The van der Waals surface area contributed by atoms with E-state index in [-0.39, 0.29) is 0 Å². The molecule has 17 heavy (non-hydrogen) atoms. The topological polar surface area (TPSA) is 3.24 Å². The van der Waals surface area contributed by atoms with E-state index in [1.165, 1.54) is 77.4 Å². The number of unbranched alkanes of at least 4 members (excludes halogenated alkanes) is 6. The van der Waals surface area contributed by atoms with E-state index in [0.717, 1.165) is 11.7 Å². The van der Waals surface area contributed by atoms with E-state index in [2.05, 4.69) is 24.5 Å². The van der Waals surface area contributed by atoms with Gasteiger partial charge in [-0.1, -0.05) is 39.0 Å². The van der Waals surface area contributed by atoms with E-state index in [4.69, 9.17) is 0 Å². The van der Waals surface area contributed by atoms with Gasteiger partial charge in [0.25, 0.3) is 0 Å². The van der Waals surface area contributed by atoms with Gasteiger partial charge in [0, 0.05) is 0 Å². The fourth-order valence-corrected chi connectivity index (χ4v) is 2.84. The third-order valence-corrected chi connectivity index (χ3v) is 4.32. The van der Waals surface area contributed by atoms with E-state index in [1.807, 2.05) is 0 Å². The van der Waals surface area contributed by atoms with Gasteiger partial charge in [0.1, 0.15) is 0 Å². The molecule has 1 saturated heterocycles. The van der Waals surface area contributed by atoms with Crippen molar-refractivity contribution >= 4 is 12.6 Å². The zero-order valence-corrected chi connectivity index (χ0v) is 12.6. The van der Waals surface area contributed by atoms with Gasteiger partial charge in [0.05, 0.1) is 0 Å². The molecule has 0 aromatic heterocycles. The summed E-state index contributed by atoms with van der Waals surface area (Å²) in [7, 11) is 0. The van der Waals surface area contributed by atoms with Gasteiger partial charge in [-0.3, -0.25) is 0 Å². The van der Waals surface area contributed by atoms with Gasteiger partial charge in [-0.2, -0.15) is 12.6 Å². The molecule has 1 aliphatic heterocycles.